The first kappa shape index (κ1) is 14.7. The van der Waals surface area contributed by atoms with E-state index in [9.17, 15) is 4.79 Å². The van der Waals surface area contributed by atoms with Crippen molar-refractivity contribution in [2.24, 2.45) is 0 Å². The number of nitrogens with zero attached hydrogens (tertiary/aromatic N) is 3. The molecule has 1 N–H and O–H groups in total. The smallest absolute Gasteiger partial charge is 0.237 e. The zero-order valence-electron chi connectivity index (χ0n) is 13.1. The van der Waals surface area contributed by atoms with Crippen LogP contribution >= 0.6 is 11.6 Å². The van der Waals surface area contributed by atoms with Crippen LogP contribution in [-0.2, 0) is 16.8 Å². The third-order valence-corrected chi connectivity index (χ3v) is 5.46. The number of aromatic nitrogens is 2. The lowest BCUT2D eigenvalue weighted by Gasteiger charge is -2.38. The van der Waals surface area contributed by atoms with Crippen LogP contribution < -0.4 is 4.90 Å². The van der Waals surface area contributed by atoms with E-state index in [-0.39, 0.29) is 5.91 Å². The molecular formula is C17H19ClN4O. The summed E-state index contributed by atoms with van der Waals surface area (Å²) in [5.41, 5.74) is 2.88. The van der Waals surface area contributed by atoms with Crippen LogP contribution in [0.4, 0.5) is 5.69 Å². The van der Waals surface area contributed by atoms with Crippen molar-refractivity contribution in [3.8, 4) is 0 Å². The number of H-pyrrole nitrogens is 1. The number of benzene rings is 1. The fourth-order valence-electron chi connectivity index (χ4n) is 3.93. The van der Waals surface area contributed by atoms with Crippen molar-refractivity contribution in [3.63, 3.8) is 0 Å². The Kier molecular flexibility index (Phi) is 3.43. The van der Waals surface area contributed by atoms with Crippen molar-refractivity contribution in [1.82, 2.24) is 15.1 Å². The van der Waals surface area contributed by atoms with Crippen LogP contribution in [0, 0.1) is 0 Å². The quantitative estimate of drug-likeness (QED) is 0.920. The van der Waals surface area contributed by atoms with Crippen molar-refractivity contribution in [3.05, 3.63) is 46.7 Å². The van der Waals surface area contributed by atoms with E-state index in [2.05, 4.69) is 15.1 Å². The van der Waals surface area contributed by atoms with Gasteiger partial charge < -0.3 is 4.90 Å². The number of anilines is 1. The normalized spacial score (nSPS) is 20.3. The van der Waals surface area contributed by atoms with E-state index in [0.717, 1.165) is 43.7 Å². The number of carbonyl (C=O) groups is 1. The zero-order valence-corrected chi connectivity index (χ0v) is 13.8. The number of likely N-dealkylation sites (N-methyl/N-ethyl adjacent to an activating group) is 1. The van der Waals surface area contributed by atoms with Crippen LogP contribution in [0.15, 0.2) is 30.6 Å². The number of amides is 1. The molecule has 0 saturated carbocycles. The molecule has 1 aromatic heterocycles. The molecule has 1 saturated heterocycles. The fraction of sp³-hybridized carbons (Fsp3) is 0.412. The lowest BCUT2D eigenvalue weighted by Crippen LogP contribution is -2.47. The SMILES string of the molecule is CN1C(=O)C2(CCN(Cc3cn[nH]c3)CC2)c2cc(Cl)ccc21. The molecule has 0 unspecified atom stereocenters. The molecule has 0 radical (unpaired) electrons. The summed E-state index contributed by atoms with van der Waals surface area (Å²) in [4.78, 5) is 17.1. The summed E-state index contributed by atoms with van der Waals surface area (Å²) in [6.45, 7) is 2.67. The second kappa shape index (κ2) is 5.35. The Hall–Kier alpha value is -1.85. The highest BCUT2D eigenvalue weighted by Gasteiger charge is 2.50. The van der Waals surface area contributed by atoms with E-state index in [1.54, 1.807) is 4.90 Å². The second-order valence-electron chi connectivity index (χ2n) is 6.49. The average Bonchev–Trinajstić information content (AvgIpc) is 3.13. The van der Waals surface area contributed by atoms with Gasteiger partial charge in [-0.05, 0) is 49.7 Å². The van der Waals surface area contributed by atoms with Crippen molar-refractivity contribution in [2.75, 3.05) is 25.0 Å². The maximum Gasteiger partial charge on any atom is 0.237 e. The van der Waals surface area contributed by atoms with Crippen LogP contribution in [-0.4, -0.2) is 41.1 Å². The maximum absolute atomic E-state index is 12.9. The Bertz CT molecular complexity index is 735. The van der Waals surface area contributed by atoms with Gasteiger partial charge >= 0.3 is 0 Å². The third kappa shape index (κ3) is 2.26. The molecule has 0 atom stereocenters. The van der Waals surface area contributed by atoms with Gasteiger partial charge in [-0.2, -0.15) is 5.10 Å². The summed E-state index contributed by atoms with van der Waals surface area (Å²) in [6, 6.07) is 5.80. The summed E-state index contributed by atoms with van der Waals surface area (Å²) in [5, 5.41) is 7.54. The molecule has 120 valence electrons. The Morgan fingerprint density at radius 2 is 2.13 bits per heavy atom. The van der Waals surface area contributed by atoms with Gasteiger partial charge in [-0.15, -0.1) is 0 Å². The number of rotatable bonds is 2. The van der Waals surface area contributed by atoms with Crippen molar-refractivity contribution in [2.45, 2.75) is 24.8 Å². The van der Waals surface area contributed by atoms with E-state index < -0.39 is 5.41 Å². The summed E-state index contributed by atoms with van der Waals surface area (Å²) in [6.07, 6.45) is 5.45. The van der Waals surface area contributed by atoms with Gasteiger partial charge in [-0.25, -0.2) is 0 Å². The number of halogens is 1. The zero-order chi connectivity index (χ0) is 16.0. The molecule has 2 aliphatic heterocycles. The van der Waals surface area contributed by atoms with E-state index >= 15 is 0 Å². The van der Waals surface area contributed by atoms with Gasteiger partial charge in [-0.3, -0.25) is 14.8 Å². The molecule has 6 heteroatoms. The number of aromatic amines is 1. The molecule has 2 aliphatic rings. The second-order valence-corrected chi connectivity index (χ2v) is 6.93. The minimum absolute atomic E-state index is 0.206. The first-order valence-electron chi connectivity index (χ1n) is 7.88. The Morgan fingerprint density at radius 1 is 1.35 bits per heavy atom. The number of hydrogen-bond donors (Lipinski definition) is 1. The van der Waals surface area contributed by atoms with E-state index in [0.29, 0.717) is 5.02 Å². The summed E-state index contributed by atoms with van der Waals surface area (Å²) >= 11 is 6.19. The molecule has 3 heterocycles. The molecular weight excluding hydrogens is 312 g/mol. The van der Waals surface area contributed by atoms with Crippen LogP contribution in [0.1, 0.15) is 24.0 Å². The lowest BCUT2D eigenvalue weighted by molar-refractivity contribution is -0.124. The van der Waals surface area contributed by atoms with Gasteiger partial charge in [0.05, 0.1) is 11.6 Å². The number of hydrogen-bond acceptors (Lipinski definition) is 3. The molecule has 1 spiro atoms. The van der Waals surface area contributed by atoms with Crippen molar-refractivity contribution < 1.29 is 4.79 Å². The highest BCUT2D eigenvalue weighted by molar-refractivity contribution is 6.31. The molecule has 0 aliphatic carbocycles. The van der Waals surface area contributed by atoms with E-state index in [4.69, 9.17) is 11.6 Å². The Morgan fingerprint density at radius 3 is 2.83 bits per heavy atom. The van der Waals surface area contributed by atoms with Gasteiger partial charge in [-0.1, -0.05) is 11.6 Å². The van der Waals surface area contributed by atoms with Gasteiger partial charge in [0, 0.05) is 36.1 Å². The number of likely N-dealkylation sites (tertiary alicyclic amines) is 1. The standard InChI is InChI=1S/C17H19ClN4O/c1-21-15-3-2-13(18)8-14(15)17(16(21)23)4-6-22(7-5-17)11-12-9-19-20-10-12/h2-3,8-10H,4-7,11H2,1H3,(H,19,20). The fourth-order valence-corrected chi connectivity index (χ4v) is 4.10. The predicted molar refractivity (Wildman–Crippen MR) is 89.6 cm³/mol. The average molecular weight is 331 g/mol. The summed E-state index contributed by atoms with van der Waals surface area (Å²) < 4.78 is 0. The van der Waals surface area contributed by atoms with Gasteiger partial charge in [0.2, 0.25) is 5.91 Å². The van der Waals surface area contributed by atoms with E-state index in [1.807, 2.05) is 37.6 Å². The predicted octanol–water partition coefficient (Wildman–Crippen LogP) is 2.57. The summed E-state index contributed by atoms with van der Waals surface area (Å²) in [7, 11) is 1.86. The Balaban J connectivity index is 1.59. The number of fused-ring (bicyclic) bond motifs is 2. The minimum atomic E-state index is -0.401. The van der Waals surface area contributed by atoms with Crippen molar-refractivity contribution >= 4 is 23.2 Å². The topological polar surface area (TPSA) is 52.2 Å². The van der Waals surface area contributed by atoms with Crippen LogP contribution in [0.2, 0.25) is 5.02 Å². The molecule has 23 heavy (non-hydrogen) atoms. The minimum Gasteiger partial charge on any atom is -0.314 e. The molecule has 2 aromatic rings. The van der Waals surface area contributed by atoms with Gasteiger partial charge in [0.25, 0.3) is 0 Å². The first-order valence-corrected chi connectivity index (χ1v) is 8.26. The van der Waals surface area contributed by atoms with Crippen LogP contribution in [0.3, 0.4) is 0 Å². The highest BCUT2D eigenvalue weighted by Crippen LogP contribution is 2.48. The van der Waals surface area contributed by atoms with Gasteiger partial charge in [0.1, 0.15) is 0 Å². The molecule has 4 rings (SSSR count). The van der Waals surface area contributed by atoms with Crippen LogP contribution in [0.25, 0.3) is 0 Å². The maximum atomic E-state index is 12.9. The largest absolute Gasteiger partial charge is 0.314 e. The van der Waals surface area contributed by atoms with Crippen molar-refractivity contribution in [1.29, 1.82) is 0 Å². The summed E-state index contributed by atoms with van der Waals surface area (Å²) in [5.74, 6) is 0.206. The molecule has 0 bridgehead atoms. The Labute approximate surface area is 140 Å². The first-order chi connectivity index (χ1) is 11.1. The third-order valence-electron chi connectivity index (χ3n) is 5.22. The highest BCUT2D eigenvalue weighted by atomic mass is 35.5. The number of piperidine rings is 1. The van der Waals surface area contributed by atoms with Crippen LogP contribution in [0.5, 0.6) is 0 Å². The van der Waals surface area contributed by atoms with Gasteiger partial charge in [0.15, 0.2) is 0 Å². The lowest BCUT2D eigenvalue weighted by atomic mass is 9.73. The molecule has 1 aromatic carbocycles. The number of carbonyl (C=O) groups excluding carboxylic acids is 1. The van der Waals surface area contributed by atoms with E-state index in [1.165, 1.54) is 5.56 Å². The molecule has 1 fully saturated rings. The number of nitrogens with one attached hydrogen (secondary N) is 1. The molecule has 5 nitrogen and oxygen atoms in total. The molecule has 1 amide bonds. The monoisotopic (exact) mass is 330 g/mol.